The Morgan fingerprint density at radius 2 is 2.44 bits per heavy atom. The zero-order valence-corrected chi connectivity index (χ0v) is 10.5. The summed E-state index contributed by atoms with van der Waals surface area (Å²) in [6.45, 7) is 3.25. The van der Waals surface area contributed by atoms with E-state index >= 15 is 0 Å². The van der Waals surface area contributed by atoms with Crippen molar-refractivity contribution in [2.24, 2.45) is 5.92 Å². The number of piperidine rings is 1. The maximum atomic E-state index is 4.39. The third kappa shape index (κ3) is 2.26. The number of hydrogen-bond donors (Lipinski definition) is 1. The molecule has 96 valence electrons. The second-order valence-corrected chi connectivity index (χ2v) is 4.81. The van der Waals surface area contributed by atoms with Crippen molar-refractivity contribution in [2.75, 3.05) is 31.6 Å². The molecule has 18 heavy (non-hydrogen) atoms. The van der Waals surface area contributed by atoms with E-state index in [0.717, 1.165) is 25.5 Å². The molecule has 1 fully saturated rings. The molecule has 0 amide bonds. The van der Waals surface area contributed by atoms with E-state index in [9.17, 15) is 0 Å². The molecule has 0 aliphatic carbocycles. The fourth-order valence-electron chi connectivity index (χ4n) is 2.40. The lowest BCUT2D eigenvalue weighted by Crippen LogP contribution is -2.37. The molecule has 7 heteroatoms. The van der Waals surface area contributed by atoms with E-state index < -0.39 is 0 Å². The van der Waals surface area contributed by atoms with Crippen molar-refractivity contribution in [1.82, 2.24) is 30.6 Å². The summed E-state index contributed by atoms with van der Waals surface area (Å²) in [6, 6.07) is 3.85. The number of tetrazole rings is 1. The first kappa shape index (κ1) is 11.3. The van der Waals surface area contributed by atoms with E-state index in [-0.39, 0.29) is 0 Å². The van der Waals surface area contributed by atoms with Crippen LogP contribution in [-0.2, 0) is 0 Å². The standard InChI is InChI=1S/C11H17N7/c1-17(8-9-3-2-6-12-7-9)11-5-4-10-13-15-16-18(10)14-11/h4-5,9,12H,2-3,6-8H2,1H3. The van der Waals surface area contributed by atoms with Crippen LogP contribution in [0.2, 0.25) is 0 Å². The quantitative estimate of drug-likeness (QED) is 0.820. The summed E-state index contributed by atoms with van der Waals surface area (Å²) in [5.41, 5.74) is 0.673. The van der Waals surface area contributed by atoms with Gasteiger partial charge in [0.25, 0.3) is 0 Å². The third-order valence-electron chi connectivity index (χ3n) is 3.38. The van der Waals surface area contributed by atoms with Crippen LogP contribution in [0.1, 0.15) is 12.8 Å². The molecule has 0 saturated carbocycles. The van der Waals surface area contributed by atoms with Gasteiger partial charge < -0.3 is 10.2 Å². The summed E-state index contributed by atoms with van der Waals surface area (Å²) >= 11 is 0. The smallest absolute Gasteiger partial charge is 0.200 e. The normalized spacial score (nSPS) is 20.2. The molecule has 1 saturated heterocycles. The molecule has 1 aliphatic heterocycles. The van der Waals surface area contributed by atoms with Gasteiger partial charge in [-0.3, -0.25) is 0 Å². The number of nitrogens with zero attached hydrogens (tertiary/aromatic N) is 6. The SMILES string of the molecule is CN(CC1CCCNC1)c1ccc2nnnn2n1. The van der Waals surface area contributed by atoms with Gasteiger partial charge in [0.2, 0.25) is 0 Å². The Bertz CT molecular complexity index is 517. The first-order valence-corrected chi connectivity index (χ1v) is 6.30. The summed E-state index contributed by atoms with van der Waals surface area (Å²) in [4.78, 5) is 2.17. The van der Waals surface area contributed by atoms with Gasteiger partial charge in [-0.1, -0.05) is 0 Å². The largest absolute Gasteiger partial charge is 0.358 e. The van der Waals surface area contributed by atoms with Crippen LogP contribution in [0.5, 0.6) is 0 Å². The first-order chi connectivity index (χ1) is 8.83. The van der Waals surface area contributed by atoms with E-state index in [2.05, 4.69) is 37.9 Å². The number of fused-ring (bicyclic) bond motifs is 1. The Balaban J connectivity index is 1.72. The molecule has 7 nitrogen and oxygen atoms in total. The van der Waals surface area contributed by atoms with E-state index in [1.54, 1.807) is 0 Å². The van der Waals surface area contributed by atoms with Gasteiger partial charge in [-0.25, -0.2) is 0 Å². The summed E-state index contributed by atoms with van der Waals surface area (Å²) < 4.78 is 1.46. The average molecular weight is 247 g/mol. The minimum absolute atomic E-state index is 0.673. The zero-order chi connectivity index (χ0) is 12.4. The molecular weight excluding hydrogens is 230 g/mol. The van der Waals surface area contributed by atoms with Gasteiger partial charge in [-0.15, -0.1) is 14.8 Å². The summed E-state index contributed by atoms with van der Waals surface area (Å²) in [6.07, 6.45) is 2.54. The second-order valence-electron chi connectivity index (χ2n) is 4.81. The Morgan fingerprint density at radius 3 is 3.28 bits per heavy atom. The highest BCUT2D eigenvalue weighted by Gasteiger charge is 2.16. The van der Waals surface area contributed by atoms with Crippen LogP contribution in [-0.4, -0.2) is 51.9 Å². The summed E-state index contributed by atoms with van der Waals surface area (Å²) in [7, 11) is 2.06. The van der Waals surface area contributed by atoms with Crippen LogP contribution in [0.25, 0.3) is 5.65 Å². The molecule has 0 bridgehead atoms. The minimum atomic E-state index is 0.673. The van der Waals surface area contributed by atoms with Crippen LogP contribution < -0.4 is 10.2 Å². The highest BCUT2D eigenvalue weighted by atomic mass is 15.6. The highest BCUT2D eigenvalue weighted by Crippen LogP contribution is 2.15. The maximum Gasteiger partial charge on any atom is 0.200 e. The van der Waals surface area contributed by atoms with Crippen LogP contribution in [0.4, 0.5) is 5.82 Å². The molecule has 1 N–H and O–H groups in total. The van der Waals surface area contributed by atoms with E-state index in [0.29, 0.717) is 11.6 Å². The van der Waals surface area contributed by atoms with Crippen molar-refractivity contribution in [1.29, 1.82) is 0 Å². The van der Waals surface area contributed by atoms with Gasteiger partial charge in [0.1, 0.15) is 0 Å². The molecule has 2 aromatic heterocycles. The summed E-state index contributed by atoms with van der Waals surface area (Å²) in [5.74, 6) is 1.59. The lowest BCUT2D eigenvalue weighted by atomic mass is 9.99. The Hall–Kier alpha value is -1.76. The number of rotatable bonds is 3. The Morgan fingerprint density at radius 1 is 1.50 bits per heavy atom. The average Bonchev–Trinajstić information content (AvgIpc) is 2.87. The molecule has 3 rings (SSSR count). The van der Waals surface area contributed by atoms with E-state index in [1.165, 1.54) is 17.5 Å². The van der Waals surface area contributed by atoms with Crippen LogP contribution in [0.3, 0.4) is 0 Å². The molecule has 0 aromatic carbocycles. The molecule has 1 unspecified atom stereocenters. The van der Waals surface area contributed by atoms with Crippen molar-refractivity contribution in [3.05, 3.63) is 12.1 Å². The van der Waals surface area contributed by atoms with Gasteiger partial charge in [0, 0.05) is 13.6 Å². The fourth-order valence-corrected chi connectivity index (χ4v) is 2.40. The summed E-state index contributed by atoms with van der Waals surface area (Å²) in [5, 5.41) is 19.1. The van der Waals surface area contributed by atoms with Gasteiger partial charge >= 0.3 is 0 Å². The highest BCUT2D eigenvalue weighted by molar-refractivity contribution is 5.43. The lowest BCUT2D eigenvalue weighted by molar-refractivity contribution is 0.380. The van der Waals surface area contributed by atoms with Crippen molar-refractivity contribution < 1.29 is 0 Å². The van der Waals surface area contributed by atoms with E-state index in [4.69, 9.17) is 0 Å². The van der Waals surface area contributed by atoms with Crippen molar-refractivity contribution in [2.45, 2.75) is 12.8 Å². The topological polar surface area (TPSA) is 71.2 Å². The number of aromatic nitrogens is 5. The fraction of sp³-hybridized carbons (Fsp3) is 0.636. The lowest BCUT2D eigenvalue weighted by Gasteiger charge is -2.28. The molecule has 3 heterocycles. The van der Waals surface area contributed by atoms with Gasteiger partial charge in [-0.05, 0) is 54.4 Å². The second kappa shape index (κ2) is 4.85. The molecule has 1 aliphatic rings. The minimum Gasteiger partial charge on any atom is -0.358 e. The predicted octanol–water partition coefficient (Wildman–Crippen LogP) is -0.0449. The monoisotopic (exact) mass is 247 g/mol. The molecule has 0 radical (unpaired) electrons. The zero-order valence-electron chi connectivity index (χ0n) is 10.5. The van der Waals surface area contributed by atoms with Gasteiger partial charge in [-0.2, -0.15) is 0 Å². The molecular formula is C11H17N7. The molecule has 1 atom stereocenters. The first-order valence-electron chi connectivity index (χ1n) is 6.30. The Labute approximate surface area is 105 Å². The third-order valence-corrected chi connectivity index (χ3v) is 3.38. The van der Waals surface area contributed by atoms with Crippen molar-refractivity contribution in [3.8, 4) is 0 Å². The van der Waals surface area contributed by atoms with Crippen molar-refractivity contribution in [3.63, 3.8) is 0 Å². The number of hydrogen-bond acceptors (Lipinski definition) is 6. The number of nitrogens with one attached hydrogen (secondary N) is 1. The predicted molar refractivity (Wildman–Crippen MR) is 67.4 cm³/mol. The van der Waals surface area contributed by atoms with E-state index in [1.807, 2.05) is 12.1 Å². The van der Waals surface area contributed by atoms with Gasteiger partial charge in [0.05, 0.1) is 0 Å². The van der Waals surface area contributed by atoms with Crippen LogP contribution >= 0.6 is 0 Å². The van der Waals surface area contributed by atoms with Gasteiger partial charge in [0.15, 0.2) is 11.5 Å². The van der Waals surface area contributed by atoms with Crippen molar-refractivity contribution >= 4 is 11.5 Å². The number of anilines is 1. The molecule has 0 spiro atoms. The molecule has 2 aromatic rings. The van der Waals surface area contributed by atoms with Crippen LogP contribution in [0.15, 0.2) is 12.1 Å². The Kier molecular flexibility index (Phi) is 3.06. The maximum absolute atomic E-state index is 4.39. The van der Waals surface area contributed by atoms with Crippen LogP contribution in [0, 0.1) is 5.92 Å².